The fraction of sp³-hybridized carbons (Fsp3) is 0.136. The van der Waals surface area contributed by atoms with Crippen LogP contribution in [-0.4, -0.2) is 35.2 Å². The number of methoxy groups -OCH3 is 2. The van der Waals surface area contributed by atoms with Gasteiger partial charge < -0.3 is 19.5 Å². The predicted octanol–water partition coefficient (Wildman–Crippen LogP) is 4.36. The molecule has 0 aliphatic rings. The van der Waals surface area contributed by atoms with Gasteiger partial charge in [0.1, 0.15) is 5.75 Å². The predicted molar refractivity (Wildman–Crippen MR) is 118 cm³/mol. The first-order valence-corrected chi connectivity index (χ1v) is 10.9. The molecule has 2 N–H and O–H groups in total. The molecule has 11 heteroatoms. The Labute approximate surface area is 189 Å². The number of alkyl halides is 2. The summed E-state index contributed by atoms with van der Waals surface area (Å²) in [7, 11) is -1.22. The van der Waals surface area contributed by atoms with Crippen molar-refractivity contribution in [2.75, 3.05) is 24.3 Å². The smallest absolute Gasteiger partial charge is 0.387 e. The molecule has 0 bridgehead atoms. The van der Waals surface area contributed by atoms with E-state index >= 15 is 0 Å². The van der Waals surface area contributed by atoms with Gasteiger partial charge in [-0.1, -0.05) is 12.1 Å². The van der Waals surface area contributed by atoms with Crippen LogP contribution in [0.4, 0.5) is 20.2 Å². The van der Waals surface area contributed by atoms with E-state index in [9.17, 15) is 22.0 Å². The van der Waals surface area contributed by atoms with Gasteiger partial charge in [0, 0.05) is 17.3 Å². The maximum atomic E-state index is 12.7. The van der Waals surface area contributed by atoms with Crippen molar-refractivity contribution in [1.82, 2.24) is 0 Å². The minimum absolute atomic E-state index is 0.0676. The van der Waals surface area contributed by atoms with E-state index in [1.807, 2.05) is 0 Å². The van der Waals surface area contributed by atoms with Crippen LogP contribution in [0.1, 0.15) is 10.4 Å². The van der Waals surface area contributed by atoms with E-state index in [0.29, 0.717) is 5.75 Å². The van der Waals surface area contributed by atoms with Gasteiger partial charge in [0.25, 0.3) is 15.9 Å². The fourth-order valence-electron chi connectivity index (χ4n) is 2.86. The average Bonchev–Trinajstić information content (AvgIpc) is 2.79. The Morgan fingerprint density at radius 2 is 1.55 bits per heavy atom. The number of carbonyl (C=O) groups excluding carboxylic acids is 1. The minimum atomic E-state index is -3.94. The van der Waals surface area contributed by atoms with Crippen LogP contribution < -0.4 is 24.2 Å². The first-order chi connectivity index (χ1) is 15.7. The van der Waals surface area contributed by atoms with Crippen molar-refractivity contribution in [1.29, 1.82) is 0 Å². The fourth-order valence-corrected chi connectivity index (χ4v) is 3.93. The highest BCUT2D eigenvalue weighted by Gasteiger charge is 2.18. The molecule has 0 atom stereocenters. The number of para-hydroxylation sites is 2. The lowest BCUT2D eigenvalue weighted by Crippen LogP contribution is -2.15. The van der Waals surface area contributed by atoms with E-state index in [2.05, 4.69) is 14.8 Å². The third kappa shape index (κ3) is 5.89. The number of halogens is 2. The molecule has 0 aliphatic carbocycles. The van der Waals surface area contributed by atoms with Crippen LogP contribution in [0.2, 0.25) is 0 Å². The van der Waals surface area contributed by atoms with E-state index < -0.39 is 22.5 Å². The van der Waals surface area contributed by atoms with Gasteiger partial charge in [-0.2, -0.15) is 8.78 Å². The van der Waals surface area contributed by atoms with Crippen LogP contribution in [-0.2, 0) is 10.0 Å². The highest BCUT2D eigenvalue weighted by atomic mass is 32.2. The van der Waals surface area contributed by atoms with Gasteiger partial charge in [0.05, 0.1) is 24.8 Å². The minimum Gasteiger partial charge on any atom is -0.495 e. The van der Waals surface area contributed by atoms with Gasteiger partial charge in [0.2, 0.25) is 0 Å². The quantitative estimate of drug-likeness (QED) is 0.474. The van der Waals surface area contributed by atoms with Crippen LogP contribution >= 0.6 is 0 Å². The second kappa shape index (κ2) is 10.2. The Morgan fingerprint density at radius 3 is 2.18 bits per heavy atom. The molecular formula is C22H20F2N2O6S. The van der Waals surface area contributed by atoms with Gasteiger partial charge in [0.15, 0.2) is 11.5 Å². The number of nitrogens with one attached hydrogen (secondary N) is 2. The summed E-state index contributed by atoms with van der Waals surface area (Å²) in [4.78, 5) is 12.5. The van der Waals surface area contributed by atoms with Crippen molar-refractivity contribution in [3.8, 4) is 17.2 Å². The molecule has 0 heterocycles. The van der Waals surface area contributed by atoms with E-state index in [4.69, 9.17) is 9.47 Å². The number of benzene rings is 3. The number of hydrogen-bond acceptors (Lipinski definition) is 6. The van der Waals surface area contributed by atoms with E-state index in [-0.39, 0.29) is 33.3 Å². The largest absolute Gasteiger partial charge is 0.495 e. The Hall–Kier alpha value is -3.86. The van der Waals surface area contributed by atoms with Crippen LogP contribution in [0.25, 0.3) is 0 Å². The molecule has 1 amide bonds. The molecule has 3 aromatic rings. The summed E-state index contributed by atoms with van der Waals surface area (Å²) in [5.41, 5.74) is 0.604. The number of rotatable bonds is 9. The maximum absolute atomic E-state index is 12.7. The summed E-state index contributed by atoms with van der Waals surface area (Å²) in [6, 6.07) is 15.7. The lowest BCUT2D eigenvalue weighted by atomic mass is 10.2. The van der Waals surface area contributed by atoms with Crippen molar-refractivity contribution in [2.45, 2.75) is 11.5 Å². The van der Waals surface area contributed by atoms with E-state index in [1.165, 1.54) is 56.7 Å². The number of anilines is 2. The number of amides is 1. The summed E-state index contributed by atoms with van der Waals surface area (Å²) in [5, 5.41) is 2.54. The van der Waals surface area contributed by atoms with Crippen LogP contribution in [0, 0.1) is 0 Å². The van der Waals surface area contributed by atoms with Crippen LogP contribution in [0.5, 0.6) is 17.2 Å². The summed E-state index contributed by atoms with van der Waals surface area (Å²) in [5.74, 6) is -0.392. The van der Waals surface area contributed by atoms with Crippen molar-refractivity contribution in [3.05, 3.63) is 72.3 Å². The number of carbonyl (C=O) groups is 1. The Balaban J connectivity index is 1.75. The van der Waals surface area contributed by atoms with E-state index in [0.717, 1.165) is 0 Å². The molecule has 8 nitrogen and oxygen atoms in total. The molecule has 174 valence electrons. The lowest BCUT2D eigenvalue weighted by molar-refractivity contribution is -0.0511. The van der Waals surface area contributed by atoms with Gasteiger partial charge >= 0.3 is 6.61 Å². The standard InChI is InChI=1S/C22H20F2N2O6S/c1-30-18-6-4-3-5-17(18)26-33(28,29)16-10-7-14(8-11-16)21(27)25-15-9-12-19(31-2)20(13-15)32-22(23)24/h3-13,22,26H,1-2H3,(H,25,27). The SMILES string of the molecule is COc1ccccc1NS(=O)(=O)c1ccc(C(=O)Nc2ccc(OC)c(OC(F)F)c2)cc1. The molecule has 0 unspecified atom stereocenters. The van der Waals surface area contributed by atoms with Crippen molar-refractivity contribution >= 4 is 27.3 Å². The molecule has 33 heavy (non-hydrogen) atoms. The summed E-state index contributed by atoms with van der Waals surface area (Å²) in [6.45, 7) is -3.07. The third-order valence-corrected chi connectivity index (χ3v) is 5.80. The zero-order chi connectivity index (χ0) is 24.0. The molecule has 0 saturated heterocycles. The highest BCUT2D eigenvalue weighted by molar-refractivity contribution is 7.92. The van der Waals surface area contributed by atoms with Crippen molar-refractivity contribution < 1.29 is 36.2 Å². The Morgan fingerprint density at radius 1 is 0.879 bits per heavy atom. The second-order valence-corrected chi connectivity index (χ2v) is 8.21. The molecule has 3 aromatic carbocycles. The Bertz CT molecular complexity index is 1230. The average molecular weight is 478 g/mol. The summed E-state index contributed by atoms with van der Waals surface area (Å²) in [6.07, 6.45) is 0. The molecule has 0 aromatic heterocycles. The monoisotopic (exact) mass is 478 g/mol. The molecule has 0 radical (unpaired) electrons. The normalized spacial score (nSPS) is 11.1. The van der Waals surface area contributed by atoms with Gasteiger partial charge in [-0.3, -0.25) is 9.52 Å². The second-order valence-electron chi connectivity index (χ2n) is 6.53. The third-order valence-electron chi connectivity index (χ3n) is 4.42. The summed E-state index contributed by atoms with van der Waals surface area (Å²) >= 11 is 0. The van der Waals surface area contributed by atoms with Crippen molar-refractivity contribution in [3.63, 3.8) is 0 Å². The number of ether oxygens (including phenoxy) is 3. The van der Waals surface area contributed by atoms with Crippen molar-refractivity contribution in [2.24, 2.45) is 0 Å². The maximum Gasteiger partial charge on any atom is 0.387 e. The van der Waals surface area contributed by atoms with Gasteiger partial charge in [-0.25, -0.2) is 8.42 Å². The first kappa shape index (κ1) is 23.8. The zero-order valence-electron chi connectivity index (χ0n) is 17.5. The highest BCUT2D eigenvalue weighted by Crippen LogP contribution is 2.32. The molecule has 3 rings (SSSR count). The first-order valence-electron chi connectivity index (χ1n) is 9.43. The topological polar surface area (TPSA) is 103 Å². The molecule has 0 aliphatic heterocycles. The number of hydrogen-bond donors (Lipinski definition) is 2. The van der Waals surface area contributed by atoms with Gasteiger partial charge in [-0.15, -0.1) is 0 Å². The van der Waals surface area contributed by atoms with Crippen LogP contribution in [0.3, 0.4) is 0 Å². The van der Waals surface area contributed by atoms with Gasteiger partial charge in [-0.05, 0) is 48.5 Å². The molecule has 0 saturated carbocycles. The summed E-state index contributed by atoms with van der Waals surface area (Å²) < 4.78 is 67.4. The molecular weight excluding hydrogens is 458 g/mol. The zero-order valence-corrected chi connectivity index (χ0v) is 18.4. The molecule has 0 spiro atoms. The molecule has 0 fully saturated rings. The van der Waals surface area contributed by atoms with E-state index in [1.54, 1.807) is 24.3 Å². The Kier molecular flexibility index (Phi) is 7.34. The number of sulfonamides is 1. The lowest BCUT2D eigenvalue weighted by Gasteiger charge is -2.13. The van der Waals surface area contributed by atoms with Crippen LogP contribution in [0.15, 0.2) is 71.6 Å².